The molecular formula is C14H19NO2S2. The summed E-state index contributed by atoms with van der Waals surface area (Å²) in [7, 11) is 0. The minimum absolute atomic E-state index is 0.0310. The van der Waals surface area contributed by atoms with Gasteiger partial charge < -0.3 is 10.4 Å². The molecule has 0 saturated heterocycles. The highest BCUT2D eigenvalue weighted by Crippen LogP contribution is 2.31. The molecule has 2 aliphatic rings. The zero-order chi connectivity index (χ0) is 13.2. The Hall–Kier alpha value is -0.520. The van der Waals surface area contributed by atoms with Crippen LogP contribution in [0.4, 0.5) is 0 Å². The first-order valence-electron chi connectivity index (χ1n) is 6.89. The monoisotopic (exact) mass is 297 g/mol. The molecule has 1 fully saturated rings. The van der Waals surface area contributed by atoms with Crippen molar-refractivity contribution in [2.24, 2.45) is 5.92 Å². The van der Waals surface area contributed by atoms with Crippen LogP contribution < -0.4 is 5.32 Å². The molecule has 104 valence electrons. The fourth-order valence-corrected chi connectivity index (χ4v) is 5.11. The molecule has 3 nitrogen and oxygen atoms in total. The van der Waals surface area contributed by atoms with E-state index in [9.17, 15) is 9.90 Å². The maximum atomic E-state index is 12.1. The van der Waals surface area contributed by atoms with Crippen LogP contribution in [-0.2, 0) is 12.2 Å². The van der Waals surface area contributed by atoms with E-state index < -0.39 is 0 Å². The average Bonchev–Trinajstić information content (AvgIpc) is 3.01. The highest BCUT2D eigenvalue weighted by Gasteiger charge is 2.26. The lowest BCUT2D eigenvalue weighted by atomic mass is 10.1. The summed E-state index contributed by atoms with van der Waals surface area (Å²) in [6.45, 7) is 0.608. The van der Waals surface area contributed by atoms with Crippen LogP contribution in [0.25, 0.3) is 0 Å². The van der Waals surface area contributed by atoms with E-state index >= 15 is 0 Å². The number of rotatable bonds is 3. The SMILES string of the molecule is O=C(NCC1CCCC1O)c1cc2c(s1)CCSC2. The van der Waals surface area contributed by atoms with Crippen molar-refractivity contribution in [2.75, 3.05) is 12.3 Å². The summed E-state index contributed by atoms with van der Waals surface area (Å²) < 4.78 is 0. The number of carbonyl (C=O) groups excluding carboxylic acids is 1. The Morgan fingerprint density at radius 1 is 1.47 bits per heavy atom. The summed E-state index contributed by atoms with van der Waals surface area (Å²) in [4.78, 5) is 14.3. The molecular weight excluding hydrogens is 278 g/mol. The lowest BCUT2D eigenvalue weighted by Crippen LogP contribution is -2.32. The van der Waals surface area contributed by atoms with E-state index in [0.29, 0.717) is 6.54 Å². The molecule has 1 aromatic heterocycles. The van der Waals surface area contributed by atoms with Gasteiger partial charge in [-0.15, -0.1) is 11.3 Å². The number of thiophene rings is 1. The lowest BCUT2D eigenvalue weighted by Gasteiger charge is -2.14. The third-order valence-corrected chi connectivity index (χ3v) is 6.24. The van der Waals surface area contributed by atoms with Crippen LogP contribution in [0.1, 0.15) is 39.4 Å². The number of thioether (sulfide) groups is 1. The van der Waals surface area contributed by atoms with Crippen LogP contribution in [0.2, 0.25) is 0 Å². The average molecular weight is 297 g/mol. The van der Waals surface area contributed by atoms with Crippen LogP contribution in [0.3, 0.4) is 0 Å². The Morgan fingerprint density at radius 2 is 2.37 bits per heavy atom. The standard InChI is InChI=1S/C14H19NO2S2/c16-11-3-1-2-9(11)7-15-14(17)13-6-10-8-18-5-4-12(10)19-13/h6,9,11,16H,1-5,7-8H2,(H,15,17). The van der Waals surface area contributed by atoms with Crippen LogP contribution in [0.15, 0.2) is 6.07 Å². The zero-order valence-electron chi connectivity index (χ0n) is 10.9. The maximum absolute atomic E-state index is 12.1. The van der Waals surface area contributed by atoms with Crippen LogP contribution in [-0.4, -0.2) is 29.4 Å². The number of aliphatic hydroxyl groups is 1. The number of aryl methyl sites for hydroxylation is 1. The molecule has 0 bridgehead atoms. The van der Waals surface area contributed by atoms with Crippen LogP contribution >= 0.6 is 23.1 Å². The largest absolute Gasteiger partial charge is 0.393 e. The van der Waals surface area contributed by atoms with E-state index in [1.807, 2.05) is 17.8 Å². The smallest absolute Gasteiger partial charge is 0.261 e. The van der Waals surface area contributed by atoms with Gasteiger partial charge >= 0.3 is 0 Å². The van der Waals surface area contributed by atoms with Crippen molar-refractivity contribution in [3.63, 3.8) is 0 Å². The molecule has 1 aromatic rings. The minimum Gasteiger partial charge on any atom is -0.393 e. The first-order chi connectivity index (χ1) is 9.24. The molecule has 1 amide bonds. The maximum Gasteiger partial charge on any atom is 0.261 e. The molecule has 19 heavy (non-hydrogen) atoms. The molecule has 1 aliphatic heterocycles. The summed E-state index contributed by atoms with van der Waals surface area (Å²) in [5.74, 6) is 2.49. The number of aliphatic hydroxyl groups excluding tert-OH is 1. The van der Waals surface area contributed by atoms with Gasteiger partial charge in [0.25, 0.3) is 5.91 Å². The predicted molar refractivity (Wildman–Crippen MR) is 79.9 cm³/mol. The third kappa shape index (κ3) is 2.98. The topological polar surface area (TPSA) is 49.3 Å². The first kappa shape index (κ1) is 13.5. The van der Waals surface area contributed by atoms with Gasteiger partial charge in [0, 0.05) is 23.1 Å². The summed E-state index contributed by atoms with van der Waals surface area (Å²) in [5, 5.41) is 12.7. The second-order valence-electron chi connectivity index (χ2n) is 5.33. The predicted octanol–water partition coefficient (Wildman–Crippen LogP) is 2.43. The summed E-state index contributed by atoms with van der Waals surface area (Å²) in [6, 6.07) is 2.05. The fourth-order valence-electron chi connectivity index (χ4n) is 2.83. The number of hydrogen-bond donors (Lipinski definition) is 2. The highest BCUT2D eigenvalue weighted by atomic mass is 32.2. The second-order valence-corrected chi connectivity index (χ2v) is 7.57. The van der Waals surface area contributed by atoms with Crippen molar-refractivity contribution < 1.29 is 9.90 Å². The van der Waals surface area contributed by atoms with Crippen molar-refractivity contribution in [1.82, 2.24) is 5.32 Å². The molecule has 2 N–H and O–H groups in total. The van der Waals surface area contributed by atoms with Gasteiger partial charge in [-0.25, -0.2) is 0 Å². The van der Waals surface area contributed by atoms with E-state index in [2.05, 4.69) is 5.32 Å². The number of carbonyl (C=O) groups is 1. The molecule has 3 rings (SSSR count). The van der Waals surface area contributed by atoms with Gasteiger partial charge in [-0.1, -0.05) is 6.42 Å². The van der Waals surface area contributed by atoms with Gasteiger partial charge in [0.05, 0.1) is 11.0 Å². The van der Waals surface area contributed by atoms with E-state index in [1.54, 1.807) is 11.3 Å². The van der Waals surface area contributed by atoms with Crippen molar-refractivity contribution >= 4 is 29.0 Å². The third-order valence-electron chi connectivity index (χ3n) is 4.00. The van der Waals surface area contributed by atoms with Gasteiger partial charge in [0.15, 0.2) is 0 Å². The fraction of sp³-hybridized carbons (Fsp3) is 0.643. The van der Waals surface area contributed by atoms with Crippen molar-refractivity contribution in [2.45, 2.75) is 37.5 Å². The molecule has 2 heterocycles. The lowest BCUT2D eigenvalue weighted by molar-refractivity contribution is 0.0920. The van der Waals surface area contributed by atoms with Crippen molar-refractivity contribution in [3.8, 4) is 0 Å². The Bertz CT molecular complexity index is 449. The second kappa shape index (κ2) is 5.85. The molecule has 1 saturated carbocycles. The first-order valence-corrected chi connectivity index (χ1v) is 8.87. The molecule has 2 unspecified atom stereocenters. The van der Waals surface area contributed by atoms with Gasteiger partial charge in [-0.3, -0.25) is 4.79 Å². The van der Waals surface area contributed by atoms with Gasteiger partial charge in [0.2, 0.25) is 0 Å². The van der Waals surface area contributed by atoms with E-state index in [0.717, 1.165) is 36.3 Å². The van der Waals surface area contributed by atoms with Gasteiger partial charge in [-0.05, 0) is 36.6 Å². The Kier molecular flexibility index (Phi) is 4.15. The highest BCUT2D eigenvalue weighted by molar-refractivity contribution is 7.98. The molecule has 2 atom stereocenters. The van der Waals surface area contributed by atoms with Gasteiger partial charge in [-0.2, -0.15) is 11.8 Å². The molecule has 1 aliphatic carbocycles. The van der Waals surface area contributed by atoms with Crippen molar-refractivity contribution in [3.05, 3.63) is 21.4 Å². The summed E-state index contributed by atoms with van der Waals surface area (Å²) in [5.41, 5.74) is 1.34. The number of nitrogens with one attached hydrogen (secondary N) is 1. The normalized spacial score (nSPS) is 26.2. The van der Waals surface area contributed by atoms with Gasteiger partial charge in [0.1, 0.15) is 0 Å². The van der Waals surface area contributed by atoms with E-state index in [1.165, 1.54) is 16.2 Å². The zero-order valence-corrected chi connectivity index (χ0v) is 12.5. The minimum atomic E-state index is -0.228. The summed E-state index contributed by atoms with van der Waals surface area (Å²) >= 11 is 3.58. The van der Waals surface area contributed by atoms with Crippen LogP contribution in [0, 0.1) is 5.92 Å². The number of amides is 1. The molecule has 5 heteroatoms. The van der Waals surface area contributed by atoms with E-state index in [-0.39, 0.29) is 17.9 Å². The summed E-state index contributed by atoms with van der Waals surface area (Å²) in [6.07, 6.45) is 3.85. The quantitative estimate of drug-likeness (QED) is 0.901. The van der Waals surface area contributed by atoms with E-state index in [4.69, 9.17) is 0 Å². The molecule has 0 aromatic carbocycles. The Labute approximate surface area is 121 Å². The van der Waals surface area contributed by atoms with Crippen molar-refractivity contribution in [1.29, 1.82) is 0 Å². The Balaban J connectivity index is 1.59. The molecule has 0 spiro atoms. The number of hydrogen-bond acceptors (Lipinski definition) is 4. The number of fused-ring (bicyclic) bond motifs is 1. The molecule has 0 radical (unpaired) electrons. The Morgan fingerprint density at radius 3 is 3.11 bits per heavy atom. The van der Waals surface area contributed by atoms with Crippen LogP contribution in [0.5, 0.6) is 0 Å².